The summed E-state index contributed by atoms with van der Waals surface area (Å²) in [5, 5.41) is 3.25. The van der Waals surface area contributed by atoms with Gasteiger partial charge in [-0.05, 0) is 38.2 Å². The first-order valence-corrected chi connectivity index (χ1v) is 7.74. The Morgan fingerprint density at radius 2 is 2.22 bits per heavy atom. The highest BCUT2D eigenvalue weighted by atomic mass is 32.2. The van der Waals surface area contributed by atoms with Gasteiger partial charge in [0.2, 0.25) is 0 Å². The van der Waals surface area contributed by atoms with Gasteiger partial charge in [0.1, 0.15) is 0 Å². The van der Waals surface area contributed by atoms with Crippen LogP contribution in [0.25, 0.3) is 0 Å². The molecule has 100 valence electrons. The highest BCUT2D eigenvalue weighted by molar-refractivity contribution is 7.99. The molecule has 2 atom stereocenters. The SMILES string of the molecule is CNCC(C)CN(C)CC1CSc2ccccc21. The predicted octanol–water partition coefficient (Wildman–Crippen LogP) is 2.66. The number of rotatable bonds is 6. The smallest absolute Gasteiger partial charge is 0.0108 e. The molecule has 3 heteroatoms. The van der Waals surface area contributed by atoms with Crippen molar-refractivity contribution in [2.75, 3.05) is 39.5 Å². The Labute approximate surface area is 115 Å². The molecule has 0 aromatic heterocycles. The summed E-state index contributed by atoms with van der Waals surface area (Å²) in [4.78, 5) is 3.97. The molecule has 0 aliphatic carbocycles. The minimum atomic E-state index is 0.706. The molecule has 1 heterocycles. The Hall–Kier alpha value is -0.510. The number of benzene rings is 1. The Balaban J connectivity index is 1.87. The summed E-state index contributed by atoms with van der Waals surface area (Å²) in [6, 6.07) is 8.86. The minimum Gasteiger partial charge on any atom is -0.319 e. The Kier molecular flexibility index (Phi) is 5.10. The fourth-order valence-corrected chi connectivity index (χ4v) is 4.02. The lowest BCUT2D eigenvalue weighted by molar-refractivity contribution is 0.273. The molecule has 0 saturated carbocycles. The zero-order valence-electron chi connectivity index (χ0n) is 11.6. The highest BCUT2D eigenvalue weighted by Crippen LogP contribution is 2.39. The second-order valence-corrected chi connectivity index (χ2v) is 6.49. The Bertz CT molecular complexity index is 381. The summed E-state index contributed by atoms with van der Waals surface area (Å²) in [5.74, 6) is 2.66. The van der Waals surface area contributed by atoms with Gasteiger partial charge in [0.05, 0.1) is 0 Å². The number of fused-ring (bicyclic) bond motifs is 1. The van der Waals surface area contributed by atoms with Gasteiger partial charge in [-0.1, -0.05) is 25.1 Å². The van der Waals surface area contributed by atoms with Crippen molar-refractivity contribution in [2.24, 2.45) is 5.92 Å². The Morgan fingerprint density at radius 3 is 3.00 bits per heavy atom. The van der Waals surface area contributed by atoms with Crippen molar-refractivity contribution in [3.63, 3.8) is 0 Å². The molecule has 1 aromatic rings. The monoisotopic (exact) mass is 264 g/mol. The van der Waals surface area contributed by atoms with E-state index in [2.05, 4.69) is 48.5 Å². The van der Waals surface area contributed by atoms with E-state index >= 15 is 0 Å². The van der Waals surface area contributed by atoms with E-state index in [1.807, 2.05) is 18.8 Å². The summed E-state index contributed by atoms with van der Waals surface area (Å²) in [6.45, 7) is 5.76. The van der Waals surface area contributed by atoms with Gasteiger partial charge in [0.15, 0.2) is 0 Å². The van der Waals surface area contributed by atoms with Crippen LogP contribution in [-0.4, -0.2) is 44.4 Å². The van der Waals surface area contributed by atoms with Crippen molar-refractivity contribution in [3.8, 4) is 0 Å². The molecule has 0 fully saturated rings. The number of hydrogen-bond donors (Lipinski definition) is 1. The van der Waals surface area contributed by atoms with Crippen LogP contribution in [-0.2, 0) is 0 Å². The second kappa shape index (κ2) is 6.60. The molecule has 2 unspecified atom stereocenters. The number of thioether (sulfide) groups is 1. The fourth-order valence-electron chi connectivity index (χ4n) is 2.78. The molecule has 0 saturated heterocycles. The number of nitrogens with one attached hydrogen (secondary N) is 1. The van der Waals surface area contributed by atoms with Crippen molar-refractivity contribution in [1.29, 1.82) is 0 Å². The van der Waals surface area contributed by atoms with Crippen molar-refractivity contribution >= 4 is 11.8 Å². The van der Waals surface area contributed by atoms with E-state index in [1.54, 1.807) is 5.56 Å². The lowest BCUT2D eigenvalue weighted by Gasteiger charge is -2.24. The molecule has 1 aliphatic heterocycles. The van der Waals surface area contributed by atoms with Gasteiger partial charge in [-0.25, -0.2) is 0 Å². The first-order valence-electron chi connectivity index (χ1n) is 6.75. The quantitative estimate of drug-likeness (QED) is 0.850. The molecule has 0 radical (unpaired) electrons. The van der Waals surface area contributed by atoms with E-state index in [9.17, 15) is 0 Å². The predicted molar refractivity (Wildman–Crippen MR) is 80.5 cm³/mol. The van der Waals surface area contributed by atoms with Crippen LogP contribution in [0.4, 0.5) is 0 Å². The lowest BCUT2D eigenvalue weighted by Crippen LogP contribution is -2.32. The van der Waals surface area contributed by atoms with Gasteiger partial charge in [-0.3, -0.25) is 0 Å². The van der Waals surface area contributed by atoms with E-state index in [0.717, 1.165) is 6.54 Å². The van der Waals surface area contributed by atoms with Crippen LogP contribution in [0.3, 0.4) is 0 Å². The molecular formula is C15H24N2S. The summed E-state index contributed by atoms with van der Waals surface area (Å²) in [6.07, 6.45) is 0. The second-order valence-electron chi connectivity index (χ2n) is 5.43. The fraction of sp³-hybridized carbons (Fsp3) is 0.600. The van der Waals surface area contributed by atoms with Crippen molar-refractivity contribution in [1.82, 2.24) is 10.2 Å². The molecule has 0 spiro atoms. The number of nitrogens with zero attached hydrogens (tertiary/aromatic N) is 1. The summed E-state index contributed by atoms with van der Waals surface area (Å²) in [7, 11) is 4.28. The minimum absolute atomic E-state index is 0.706. The van der Waals surface area contributed by atoms with E-state index in [0.29, 0.717) is 11.8 Å². The van der Waals surface area contributed by atoms with Crippen LogP contribution in [0.5, 0.6) is 0 Å². The largest absolute Gasteiger partial charge is 0.319 e. The van der Waals surface area contributed by atoms with Gasteiger partial charge in [-0.2, -0.15) is 0 Å². The first kappa shape index (κ1) is 13.9. The topological polar surface area (TPSA) is 15.3 Å². The summed E-state index contributed by atoms with van der Waals surface area (Å²) >= 11 is 2.01. The first-order chi connectivity index (χ1) is 8.70. The van der Waals surface area contributed by atoms with E-state index in [1.165, 1.54) is 23.7 Å². The van der Waals surface area contributed by atoms with Crippen LogP contribution in [0, 0.1) is 5.92 Å². The average Bonchev–Trinajstić information content (AvgIpc) is 2.73. The van der Waals surface area contributed by atoms with Gasteiger partial charge >= 0.3 is 0 Å². The average molecular weight is 264 g/mol. The lowest BCUT2D eigenvalue weighted by atomic mass is 10.0. The molecule has 0 amide bonds. The molecule has 2 nitrogen and oxygen atoms in total. The maximum absolute atomic E-state index is 3.25. The molecule has 1 N–H and O–H groups in total. The van der Waals surface area contributed by atoms with Crippen molar-refractivity contribution in [3.05, 3.63) is 29.8 Å². The zero-order valence-corrected chi connectivity index (χ0v) is 12.5. The van der Waals surface area contributed by atoms with Gasteiger partial charge in [-0.15, -0.1) is 11.8 Å². The molecule has 1 aliphatic rings. The van der Waals surface area contributed by atoms with Crippen LogP contribution in [0.2, 0.25) is 0 Å². The molecule has 1 aromatic carbocycles. The Morgan fingerprint density at radius 1 is 1.44 bits per heavy atom. The third kappa shape index (κ3) is 3.50. The van der Waals surface area contributed by atoms with Crippen LogP contribution < -0.4 is 5.32 Å². The number of likely N-dealkylation sites (N-methyl/N-ethyl adjacent to an activating group) is 1. The van der Waals surface area contributed by atoms with Crippen molar-refractivity contribution < 1.29 is 0 Å². The summed E-state index contributed by atoms with van der Waals surface area (Å²) < 4.78 is 0. The van der Waals surface area contributed by atoms with E-state index < -0.39 is 0 Å². The molecule has 0 bridgehead atoms. The molecular weight excluding hydrogens is 240 g/mol. The van der Waals surface area contributed by atoms with Crippen LogP contribution in [0.15, 0.2) is 29.2 Å². The number of hydrogen-bond acceptors (Lipinski definition) is 3. The summed E-state index contributed by atoms with van der Waals surface area (Å²) in [5.41, 5.74) is 1.55. The van der Waals surface area contributed by atoms with Gasteiger partial charge in [0.25, 0.3) is 0 Å². The van der Waals surface area contributed by atoms with E-state index in [4.69, 9.17) is 0 Å². The third-order valence-electron chi connectivity index (χ3n) is 3.51. The normalized spacial score (nSPS) is 20.1. The highest BCUT2D eigenvalue weighted by Gasteiger charge is 2.23. The van der Waals surface area contributed by atoms with Crippen LogP contribution in [0.1, 0.15) is 18.4 Å². The van der Waals surface area contributed by atoms with Crippen LogP contribution >= 0.6 is 11.8 Å². The standard InChI is InChI=1S/C15H24N2S/c1-12(8-16-2)9-17(3)10-13-11-18-15-7-5-4-6-14(13)15/h4-7,12-13,16H,8-11H2,1-3H3. The molecule has 18 heavy (non-hydrogen) atoms. The van der Waals surface area contributed by atoms with Crippen molar-refractivity contribution in [2.45, 2.75) is 17.7 Å². The molecule has 2 rings (SSSR count). The maximum atomic E-state index is 3.25. The van der Waals surface area contributed by atoms with Gasteiger partial charge in [0, 0.05) is 29.7 Å². The van der Waals surface area contributed by atoms with Gasteiger partial charge < -0.3 is 10.2 Å². The third-order valence-corrected chi connectivity index (χ3v) is 4.76. The maximum Gasteiger partial charge on any atom is 0.0108 e. The van der Waals surface area contributed by atoms with E-state index in [-0.39, 0.29) is 0 Å². The zero-order chi connectivity index (χ0) is 13.0.